The first kappa shape index (κ1) is 26.7. The summed E-state index contributed by atoms with van der Waals surface area (Å²) < 4.78 is 5.47. The number of carbonyl (C=O) groups excluding carboxylic acids is 1. The lowest BCUT2D eigenvalue weighted by Crippen LogP contribution is -2.49. The Labute approximate surface area is 228 Å². The topological polar surface area (TPSA) is 107 Å². The third-order valence-electron chi connectivity index (χ3n) is 7.43. The van der Waals surface area contributed by atoms with Crippen molar-refractivity contribution in [1.29, 1.82) is 0 Å². The highest BCUT2D eigenvalue weighted by Gasteiger charge is 2.36. The molecule has 0 bridgehead atoms. The van der Waals surface area contributed by atoms with Crippen molar-refractivity contribution in [2.75, 3.05) is 38.0 Å². The summed E-state index contributed by atoms with van der Waals surface area (Å²) in [5.41, 5.74) is 1.43. The summed E-state index contributed by atoms with van der Waals surface area (Å²) in [5.74, 6) is 0.565. The van der Waals surface area contributed by atoms with E-state index in [0.717, 1.165) is 42.5 Å². The number of H-pyrrole nitrogens is 1. The summed E-state index contributed by atoms with van der Waals surface area (Å²) in [6, 6.07) is 8.30. The summed E-state index contributed by atoms with van der Waals surface area (Å²) in [5, 5.41) is 16.2. The van der Waals surface area contributed by atoms with E-state index in [1.807, 2.05) is 45.2 Å². The van der Waals surface area contributed by atoms with E-state index in [-0.39, 0.29) is 12.1 Å². The fourth-order valence-electron chi connectivity index (χ4n) is 5.28. The van der Waals surface area contributed by atoms with Crippen molar-refractivity contribution >= 4 is 34.5 Å². The van der Waals surface area contributed by atoms with E-state index in [2.05, 4.69) is 26.3 Å². The quantitative estimate of drug-likeness (QED) is 0.407. The second-order valence-corrected chi connectivity index (χ2v) is 11.9. The first-order chi connectivity index (χ1) is 18.1. The summed E-state index contributed by atoms with van der Waals surface area (Å²) in [6.07, 6.45) is 6.07. The van der Waals surface area contributed by atoms with Crippen LogP contribution in [0.25, 0.3) is 22.2 Å². The van der Waals surface area contributed by atoms with Crippen LogP contribution in [0.3, 0.4) is 0 Å². The first-order valence-electron chi connectivity index (χ1n) is 13.4. The molecule has 2 aromatic heterocycles. The van der Waals surface area contributed by atoms with Gasteiger partial charge in [0.05, 0.1) is 22.5 Å². The maximum absolute atomic E-state index is 12.3. The highest BCUT2D eigenvalue weighted by atomic mass is 35.5. The van der Waals surface area contributed by atoms with Crippen molar-refractivity contribution < 1.29 is 14.6 Å². The van der Waals surface area contributed by atoms with Crippen LogP contribution in [-0.4, -0.2) is 85.9 Å². The fraction of sp³-hybridized carbons (Fsp3) is 0.536. The number of nitrogens with one attached hydrogen (secondary N) is 2. The molecule has 204 valence electrons. The van der Waals surface area contributed by atoms with E-state index in [9.17, 15) is 9.90 Å². The van der Waals surface area contributed by atoms with Crippen molar-refractivity contribution in [3.8, 4) is 11.3 Å². The minimum atomic E-state index is -0.752. The molecular weight excluding hydrogens is 504 g/mol. The number of hydrogen-bond donors (Lipinski definition) is 3. The molecule has 3 aromatic rings. The number of ether oxygens (including phenoxy) is 1. The lowest BCUT2D eigenvalue weighted by atomic mass is 9.88. The zero-order valence-corrected chi connectivity index (χ0v) is 23.1. The Morgan fingerprint density at radius 2 is 2.03 bits per heavy atom. The van der Waals surface area contributed by atoms with Crippen LogP contribution in [0.1, 0.15) is 46.5 Å². The third kappa shape index (κ3) is 6.22. The number of anilines is 1. The molecule has 2 aliphatic heterocycles. The van der Waals surface area contributed by atoms with Crippen molar-refractivity contribution in [3.63, 3.8) is 0 Å². The predicted octanol–water partition coefficient (Wildman–Crippen LogP) is 4.92. The average Bonchev–Trinajstić information content (AvgIpc) is 3.50. The molecule has 10 heteroatoms. The van der Waals surface area contributed by atoms with Crippen LogP contribution >= 0.6 is 11.6 Å². The molecule has 2 saturated heterocycles. The molecule has 5 rings (SSSR count). The van der Waals surface area contributed by atoms with Gasteiger partial charge in [0, 0.05) is 61.4 Å². The second kappa shape index (κ2) is 10.7. The summed E-state index contributed by atoms with van der Waals surface area (Å²) >= 11 is 6.48. The van der Waals surface area contributed by atoms with Gasteiger partial charge in [-0.15, -0.1) is 0 Å². The Bertz CT molecular complexity index is 1280. The number of aromatic nitrogens is 3. The monoisotopic (exact) mass is 540 g/mol. The summed E-state index contributed by atoms with van der Waals surface area (Å²) in [6.45, 7) is 9.24. The molecule has 0 radical (unpaired) electrons. The van der Waals surface area contributed by atoms with Crippen LogP contribution in [0.2, 0.25) is 5.02 Å². The number of carbonyl (C=O) groups is 1. The molecule has 0 saturated carbocycles. The molecule has 1 atom stereocenters. The highest BCUT2D eigenvalue weighted by molar-refractivity contribution is 6.33. The van der Waals surface area contributed by atoms with Gasteiger partial charge in [-0.1, -0.05) is 29.8 Å². The van der Waals surface area contributed by atoms with Gasteiger partial charge >= 0.3 is 6.09 Å². The number of rotatable bonds is 6. The van der Waals surface area contributed by atoms with Gasteiger partial charge in [-0.3, -0.25) is 0 Å². The van der Waals surface area contributed by atoms with Gasteiger partial charge in [0.25, 0.3) is 0 Å². The van der Waals surface area contributed by atoms with Crippen molar-refractivity contribution in [2.24, 2.45) is 0 Å². The van der Waals surface area contributed by atoms with Gasteiger partial charge in [0.2, 0.25) is 5.95 Å². The van der Waals surface area contributed by atoms with Crippen LogP contribution in [0.4, 0.5) is 10.7 Å². The van der Waals surface area contributed by atoms with Gasteiger partial charge in [-0.2, -0.15) is 0 Å². The molecule has 3 N–H and O–H groups in total. The van der Waals surface area contributed by atoms with Gasteiger partial charge in [-0.05, 0) is 52.5 Å². The number of hydrogen-bond acceptors (Lipinski definition) is 7. The van der Waals surface area contributed by atoms with E-state index in [4.69, 9.17) is 21.3 Å². The molecule has 4 heterocycles. The molecule has 1 aromatic carbocycles. The SMILES string of the molecule is CC(C)(C)OC(=O)N1CCC(O)(CCN2CCC(Nc3ncc(Cl)c(-c4c[nH]c5ccccc45)n3)C2)CC1. The standard InChI is InChI=1S/C28H37ClN6O3/c1-27(2,3)38-26(36)35-14-10-28(37,11-15-35)9-13-34-12-8-19(18-34)32-25-31-17-22(29)24(33-25)21-16-30-23-7-5-4-6-20(21)23/h4-7,16-17,19,30,37H,8-15,18H2,1-3H3,(H,31,32,33). The highest BCUT2D eigenvalue weighted by Crippen LogP contribution is 2.33. The summed E-state index contributed by atoms with van der Waals surface area (Å²) in [7, 11) is 0. The van der Waals surface area contributed by atoms with E-state index >= 15 is 0 Å². The van der Waals surface area contributed by atoms with Gasteiger partial charge in [0.15, 0.2) is 0 Å². The number of aliphatic hydroxyl groups is 1. The number of benzene rings is 1. The number of piperidine rings is 1. The van der Waals surface area contributed by atoms with Crippen LogP contribution in [0.15, 0.2) is 36.7 Å². The molecule has 2 fully saturated rings. The molecule has 9 nitrogen and oxygen atoms in total. The Kier molecular flexibility index (Phi) is 7.53. The largest absolute Gasteiger partial charge is 0.444 e. The van der Waals surface area contributed by atoms with Crippen molar-refractivity contribution in [1.82, 2.24) is 24.8 Å². The number of halogens is 1. The summed E-state index contributed by atoms with van der Waals surface area (Å²) in [4.78, 5) is 28.9. The minimum absolute atomic E-state index is 0.218. The molecule has 38 heavy (non-hydrogen) atoms. The lowest BCUT2D eigenvalue weighted by molar-refractivity contribution is -0.0400. The number of nitrogens with zero attached hydrogens (tertiary/aromatic N) is 4. The van der Waals surface area contributed by atoms with Crippen molar-refractivity contribution in [2.45, 2.75) is 63.7 Å². The maximum atomic E-state index is 12.3. The van der Waals surface area contributed by atoms with Gasteiger partial charge in [0.1, 0.15) is 5.60 Å². The molecule has 2 aliphatic rings. The van der Waals surface area contributed by atoms with Crippen LogP contribution in [0.5, 0.6) is 0 Å². The zero-order valence-electron chi connectivity index (χ0n) is 22.3. The van der Waals surface area contributed by atoms with E-state index in [1.54, 1.807) is 11.1 Å². The average molecular weight is 541 g/mol. The van der Waals surface area contributed by atoms with Crippen LogP contribution in [0, 0.1) is 0 Å². The van der Waals surface area contributed by atoms with Crippen LogP contribution < -0.4 is 5.32 Å². The molecular formula is C28H37ClN6O3. The lowest BCUT2D eigenvalue weighted by Gasteiger charge is -2.39. The Balaban J connectivity index is 1.13. The smallest absolute Gasteiger partial charge is 0.410 e. The van der Waals surface area contributed by atoms with Gasteiger partial charge in [-0.25, -0.2) is 14.8 Å². The number of amides is 1. The van der Waals surface area contributed by atoms with E-state index < -0.39 is 11.2 Å². The molecule has 1 unspecified atom stereocenters. The normalized spacial score (nSPS) is 20.1. The maximum Gasteiger partial charge on any atom is 0.410 e. The third-order valence-corrected chi connectivity index (χ3v) is 7.71. The minimum Gasteiger partial charge on any atom is -0.444 e. The molecule has 1 amide bonds. The zero-order chi connectivity index (χ0) is 26.9. The first-order valence-corrected chi connectivity index (χ1v) is 13.7. The predicted molar refractivity (Wildman–Crippen MR) is 149 cm³/mol. The second-order valence-electron chi connectivity index (χ2n) is 11.5. The number of para-hydroxylation sites is 1. The number of fused-ring (bicyclic) bond motifs is 1. The fourth-order valence-corrected chi connectivity index (χ4v) is 5.47. The van der Waals surface area contributed by atoms with Crippen molar-refractivity contribution in [3.05, 3.63) is 41.7 Å². The Morgan fingerprint density at radius 1 is 1.26 bits per heavy atom. The van der Waals surface area contributed by atoms with E-state index in [0.29, 0.717) is 49.0 Å². The number of aromatic amines is 1. The van der Waals surface area contributed by atoms with Gasteiger partial charge < -0.3 is 29.9 Å². The number of likely N-dealkylation sites (tertiary alicyclic amines) is 2. The Hall–Kier alpha value is -2.88. The molecule has 0 spiro atoms. The van der Waals surface area contributed by atoms with E-state index in [1.165, 1.54) is 0 Å². The molecule has 0 aliphatic carbocycles. The van der Waals surface area contributed by atoms with Crippen LogP contribution in [-0.2, 0) is 4.74 Å². The Morgan fingerprint density at radius 3 is 2.79 bits per heavy atom.